The van der Waals surface area contributed by atoms with Crippen LogP contribution >= 0.6 is 0 Å². The molecule has 1 amide bonds. The third kappa shape index (κ3) is 3.65. The van der Waals surface area contributed by atoms with E-state index in [4.69, 9.17) is 14.9 Å². The molecule has 0 saturated carbocycles. The van der Waals surface area contributed by atoms with Gasteiger partial charge in [0, 0.05) is 12.5 Å². The van der Waals surface area contributed by atoms with E-state index in [0.29, 0.717) is 13.2 Å². The Hall–Kier alpha value is -0.850. The number of carbonyl (C=O) groups is 1. The van der Waals surface area contributed by atoms with Gasteiger partial charge >= 0.3 is 6.09 Å². The number of hydrogen-bond acceptors (Lipinski definition) is 5. The van der Waals surface area contributed by atoms with Crippen LogP contribution in [0.5, 0.6) is 0 Å². The summed E-state index contributed by atoms with van der Waals surface area (Å²) < 4.78 is 9.62. The summed E-state index contributed by atoms with van der Waals surface area (Å²) in [7, 11) is 1.23. The predicted octanol–water partition coefficient (Wildman–Crippen LogP) is -0.552. The predicted molar refractivity (Wildman–Crippen MR) is 51.1 cm³/mol. The average molecular weight is 219 g/mol. The lowest BCUT2D eigenvalue weighted by Gasteiger charge is -2.31. The molecule has 0 bridgehead atoms. The fraction of sp³-hybridized carbons (Fsp3) is 0.889. The lowest BCUT2D eigenvalue weighted by molar-refractivity contribution is -0.0957. The smallest absolute Gasteiger partial charge is 0.407 e. The number of hydrogen-bond donors (Lipinski definition) is 3. The van der Waals surface area contributed by atoms with Gasteiger partial charge in [0.1, 0.15) is 0 Å². The Morgan fingerprint density at radius 3 is 2.80 bits per heavy atom. The SMILES string of the molecule is COC(=O)N[C@@H](C(O)O)[C@H]1CCCOC1. The Morgan fingerprint density at radius 1 is 1.60 bits per heavy atom. The molecule has 6 heteroatoms. The summed E-state index contributed by atoms with van der Waals surface area (Å²) in [4.78, 5) is 11.0. The zero-order valence-electron chi connectivity index (χ0n) is 8.68. The molecule has 1 aliphatic rings. The van der Waals surface area contributed by atoms with Gasteiger partial charge in [0.25, 0.3) is 0 Å². The van der Waals surface area contributed by atoms with Crippen molar-refractivity contribution >= 4 is 6.09 Å². The van der Waals surface area contributed by atoms with E-state index in [9.17, 15) is 4.79 Å². The summed E-state index contributed by atoms with van der Waals surface area (Å²) in [5.41, 5.74) is 0. The number of methoxy groups -OCH3 is 1. The van der Waals surface area contributed by atoms with Gasteiger partial charge in [0.15, 0.2) is 6.29 Å². The first kappa shape index (κ1) is 12.2. The third-order valence-electron chi connectivity index (χ3n) is 2.49. The Labute approximate surface area is 88.2 Å². The third-order valence-corrected chi connectivity index (χ3v) is 2.49. The number of aliphatic hydroxyl groups excluding tert-OH is 1. The highest BCUT2D eigenvalue weighted by Gasteiger charge is 2.30. The summed E-state index contributed by atoms with van der Waals surface area (Å²) in [5.74, 6) is -0.0853. The zero-order chi connectivity index (χ0) is 11.3. The Balaban J connectivity index is 2.51. The number of rotatable bonds is 3. The van der Waals surface area contributed by atoms with Gasteiger partial charge in [-0.25, -0.2) is 4.79 Å². The van der Waals surface area contributed by atoms with Gasteiger partial charge in [-0.2, -0.15) is 0 Å². The van der Waals surface area contributed by atoms with Crippen LogP contribution < -0.4 is 5.32 Å². The molecular weight excluding hydrogens is 202 g/mol. The number of alkyl carbamates (subject to hydrolysis) is 1. The van der Waals surface area contributed by atoms with Crippen molar-refractivity contribution in [3.63, 3.8) is 0 Å². The van der Waals surface area contributed by atoms with Crippen LogP contribution in [0.2, 0.25) is 0 Å². The molecule has 88 valence electrons. The van der Waals surface area contributed by atoms with E-state index in [1.165, 1.54) is 7.11 Å². The topological polar surface area (TPSA) is 88.0 Å². The van der Waals surface area contributed by atoms with Gasteiger partial charge in [0.2, 0.25) is 0 Å². The van der Waals surface area contributed by atoms with Crippen molar-refractivity contribution < 1.29 is 24.5 Å². The van der Waals surface area contributed by atoms with E-state index in [-0.39, 0.29) is 5.92 Å². The average Bonchev–Trinajstić information content (AvgIpc) is 2.26. The molecule has 0 aromatic rings. The molecule has 0 spiro atoms. The monoisotopic (exact) mass is 219 g/mol. The molecule has 0 aromatic carbocycles. The Morgan fingerprint density at radius 2 is 2.33 bits per heavy atom. The van der Waals surface area contributed by atoms with Crippen molar-refractivity contribution in [2.24, 2.45) is 5.92 Å². The molecule has 6 nitrogen and oxygen atoms in total. The van der Waals surface area contributed by atoms with Crippen LogP contribution in [-0.2, 0) is 9.47 Å². The summed E-state index contributed by atoms with van der Waals surface area (Å²) >= 11 is 0. The second kappa shape index (κ2) is 5.89. The first-order valence-corrected chi connectivity index (χ1v) is 4.93. The first-order valence-electron chi connectivity index (χ1n) is 4.93. The second-order valence-electron chi connectivity index (χ2n) is 3.55. The minimum absolute atomic E-state index is 0.0853. The van der Waals surface area contributed by atoms with Crippen LogP contribution in [0.25, 0.3) is 0 Å². The number of nitrogens with one attached hydrogen (secondary N) is 1. The Bertz CT molecular complexity index is 203. The van der Waals surface area contributed by atoms with E-state index >= 15 is 0 Å². The van der Waals surface area contributed by atoms with Crippen molar-refractivity contribution in [3.8, 4) is 0 Å². The largest absolute Gasteiger partial charge is 0.453 e. The summed E-state index contributed by atoms with van der Waals surface area (Å²) in [6.07, 6.45) is -0.613. The van der Waals surface area contributed by atoms with Crippen molar-refractivity contribution in [2.45, 2.75) is 25.2 Å². The van der Waals surface area contributed by atoms with Gasteiger partial charge in [-0.15, -0.1) is 0 Å². The highest BCUT2D eigenvalue weighted by molar-refractivity contribution is 5.67. The molecule has 0 unspecified atom stereocenters. The molecule has 1 saturated heterocycles. The van der Waals surface area contributed by atoms with Gasteiger partial charge in [0.05, 0.1) is 19.8 Å². The van der Waals surface area contributed by atoms with Crippen LogP contribution in [0.15, 0.2) is 0 Å². The lowest BCUT2D eigenvalue weighted by Crippen LogP contribution is -2.50. The number of aliphatic hydroxyl groups is 2. The van der Waals surface area contributed by atoms with E-state index in [2.05, 4.69) is 10.1 Å². The molecular formula is C9H17NO5. The lowest BCUT2D eigenvalue weighted by atomic mass is 9.93. The number of carbonyl (C=O) groups excluding carboxylic acids is 1. The molecule has 1 aliphatic heterocycles. The number of ether oxygens (including phenoxy) is 2. The summed E-state index contributed by atoms with van der Waals surface area (Å²) in [6, 6.07) is -0.738. The highest BCUT2D eigenvalue weighted by atomic mass is 16.5. The van der Waals surface area contributed by atoms with Crippen LogP contribution in [0.3, 0.4) is 0 Å². The summed E-state index contributed by atoms with van der Waals surface area (Å²) in [5, 5.41) is 20.7. The molecule has 2 atom stereocenters. The molecule has 0 aliphatic carbocycles. The van der Waals surface area contributed by atoms with Crippen molar-refractivity contribution in [3.05, 3.63) is 0 Å². The second-order valence-corrected chi connectivity index (χ2v) is 3.55. The maximum Gasteiger partial charge on any atom is 0.407 e. The molecule has 0 radical (unpaired) electrons. The minimum atomic E-state index is -1.60. The fourth-order valence-electron chi connectivity index (χ4n) is 1.68. The standard InChI is InChI=1S/C9H17NO5/c1-14-9(13)10-7(8(11)12)6-3-2-4-15-5-6/h6-8,11-12H,2-5H2,1H3,(H,10,13)/t6-,7+/m0/s1. The van der Waals surface area contributed by atoms with Crippen molar-refractivity contribution in [1.82, 2.24) is 5.32 Å². The van der Waals surface area contributed by atoms with Gasteiger partial charge in [-0.05, 0) is 12.8 Å². The van der Waals surface area contributed by atoms with Crippen LogP contribution in [0, 0.1) is 5.92 Å². The van der Waals surface area contributed by atoms with E-state index in [1.807, 2.05) is 0 Å². The van der Waals surface area contributed by atoms with Crippen LogP contribution in [0.4, 0.5) is 4.79 Å². The molecule has 15 heavy (non-hydrogen) atoms. The quantitative estimate of drug-likeness (QED) is 0.554. The van der Waals surface area contributed by atoms with E-state index in [0.717, 1.165) is 12.8 Å². The Kier molecular flexibility index (Phi) is 4.80. The molecule has 1 fully saturated rings. The number of amides is 1. The maximum absolute atomic E-state index is 11.0. The normalized spacial score (nSPS) is 23.6. The van der Waals surface area contributed by atoms with Crippen molar-refractivity contribution in [2.75, 3.05) is 20.3 Å². The highest BCUT2D eigenvalue weighted by Crippen LogP contribution is 2.19. The van der Waals surface area contributed by atoms with E-state index < -0.39 is 18.4 Å². The molecule has 1 rings (SSSR count). The van der Waals surface area contributed by atoms with Crippen LogP contribution in [-0.4, -0.2) is 49.0 Å². The first-order chi connectivity index (χ1) is 7.15. The maximum atomic E-state index is 11.0. The molecule has 3 N–H and O–H groups in total. The minimum Gasteiger partial charge on any atom is -0.453 e. The summed E-state index contributed by atoms with van der Waals surface area (Å²) in [6.45, 7) is 1.11. The molecule has 0 aromatic heterocycles. The molecule has 1 heterocycles. The fourth-order valence-corrected chi connectivity index (χ4v) is 1.68. The zero-order valence-corrected chi connectivity index (χ0v) is 8.68. The van der Waals surface area contributed by atoms with Crippen LogP contribution in [0.1, 0.15) is 12.8 Å². The van der Waals surface area contributed by atoms with Gasteiger partial charge < -0.3 is 25.0 Å². The van der Waals surface area contributed by atoms with Gasteiger partial charge in [-0.3, -0.25) is 0 Å². The van der Waals surface area contributed by atoms with Crippen molar-refractivity contribution in [1.29, 1.82) is 0 Å². The van der Waals surface area contributed by atoms with E-state index in [1.54, 1.807) is 0 Å². The van der Waals surface area contributed by atoms with Gasteiger partial charge in [-0.1, -0.05) is 0 Å².